The van der Waals surface area contributed by atoms with Crippen molar-refractivity contribution in [1.29, 1.82) is 0 Å². The number of aromatic nitrogens is 4. The van der Waals surface area contributed by atoms with Crippen molar-refractivity contribution >= 4 is 36.0 Å². The van der Waals surface area contributed by atoms with Crippen LogP contribution in [0.4, 0.5) is 4.79 Å². The number of hydrogen-bond acceptors (Lipinski definition) is 8. The molecule has 0 unspecified atom stereocenters. The number of ether oxygens (including phenoxy) is 1. The molecule has 51 heavy (non-hydrogen) atoms. The number of alkyl carbamates (subject to hydrolysis) is 1. The average Bonchev–Trinajstić information content (AvgIpc) is 3.39. The molecule has 1 aromatic heterocycles. The molecule has 0 spiro atoms. The Morgan fingerprint density at radius 2 is 1.80 bits per heavy atom. The van der Waals surface area contributed by atoms with E-state index < -0.39 is 53.1 Å². The summed E-state index contributed by atoms with van der Waals surface area (Å²) in [7, 11) is 0. The van der Waals surface area contributed by atoms with E-state index >= 15 is 0 Å². The largest absolute Gasteiger partial charge is 0.479 e. The van der Waals surface area contributed by atoms with E-state index in [1.54, 1.807) is 20.8 Å². The Balaban J connectivity index is 1.29. The first-order valence-electron chi connectivity index (χ1n) is 17.6. The Morgan fingerprint density at radius 1 is 1.04 bits per heavy atom. The standard InChI is InChI=1S/C38H45N7O6/c1-37(2,3)51-36(50)39-30-19-11-6-4-5-10-17-27-23-38(27,35(48)49)40-33(46)31-22-28(24-44(31)34(30)47)45-42-32(41-43-45)29-18-13-12-16-26(29)21-20-25-14-8-7-9-15-25/h7-10,12-18,20-21,27-28,30-31H,4-6,11,19,22-24H2,1-3H3,(H,39,50)(H,40,46)(H,48,49)/b17-10-,21-20+/t27-,28-,30+,31+,38-/m1/s1. The van der Waals surface area contributed by atoms with Crippen LogP contribution >= 0.6 is 0 Å². The molecule has 2 aliphatic heterocycles. The van der Waals surface area contributed by atoms with Gasteiger partial charge >= 0.3 is 12.1 Å². The van der Waals surface area contributed by atoms with Crippen molar-refractivity contribution in [1.82, 2.24) is 35.7 Å². The molecule has 2 fully saturated rings. The summed E-state index contributed by atoms with van der Waals surface area (Å²) >= 11 is 0. The van der Waals surface area contributed by atoms with Gasteiger partial charge in [0.25, 0.3) is 0 Å². The predicted molar refractivity (Wildman–Crippen MR) is 190 cm³/mol. The molecule has 3 amide bonds. The highest BCUT2D eigenvalue weighted by atomic mass is 16.6. The number of carboxylic acids is 1. The van der Waals surface area contributed by atoms with Crippen molar-refractivity contribution in [2.24, 2.45) is 5.92 Å². The quantitative estimate of drug-likeness (QED) is 0.237. The third kappa shape index (κ3) is 8.35. The van der Waals surface area contributed by atoms with Crippen molar-refractivity contribution in [3.05, 3.63) is 77.9 Å². The number of carbonyl (C=O) groups is 4. The fraction of sp³-hybridized carbons (Fsp3) is 0.447. The molecule has 3 N–H and O–H groups in total. The minimum absolute atomic E-state index is 0.0537. The second-order valence-corrected chi connectivity index (χ2v) is 14.5. The first-order valence-corrected chi connectivity index (χ1v) is 17.6. The van der Waals surface area contributed by atoms with Gasteiger partial charge in [0.05, 0.1) is 6.04 Å². The second-order valence-electron chi connectivity index (χ2n) is 14.5. The Morgan fingerprint density at radius 3 is 2.57 bits per heavy atom. The number of rotatable bonds is 6. The van der Waals surface area contributed by atoms with Gasteiger partial charge in [-0.2, -0.15) is 4.80 Å². The van der Waals surface area contributed by atoms with Gasteiger partial charge < -0.3 is 25.4 Å². The molecule has 13 heteroatoms. The highest BCUT2D eigenvalue weighted by molar-refractivity contribution is 5.96. The molecule has 3 aliphatic rings. The number of nitrogens with zero attached hydrogens (tertiary/aromatic N) is 5. The lowest BCUT2D eigenvalue weighted by Crippen LogP contribution is -2.56. The summed E-state index contributed by atoms with van der Waals surface area (Å²) in [6.45, 7) is 5.28. The third-order valence-electron chi connectivity index (χ3n) is 9.54. The minimum Gasteiger partial charge on any atom is -0.479 e. The average molecular weight is 696 g/mol. The number of carboxylic acid groups (broad SMARTS) is 1. The lowest BCUT2D eigenvalue weighted by atomic mass is 10.0. The molecular formula is C38H45N7O6. The number of hydrogen-bond donors (Lipinski definition) is 3. The van der Waals surface area contributed by atoms with Crippen LogP contribution in [0.15, 0.2) is 66.7 Å². The molecule has 1 saturated heterocycles. The van der Waals surface area contributed by atoms with Gasteiger partial charge in [-0.15, -0.1) is 10.2 Å². The van der Waals surface area contributed by atoms with E-state index in [1.807, 2.05) is 78.9 Å². The van der Waals surface area contributed by atoms with Gasteiger partial charge in [-0.25, -0.2) is 9.59 Å². The summed E-state index contributed by atoms with van der Waals surface area (Å²) in [6, 6.07) is 15.1. The molecule has 6 rings (SSSR count). The number of tetrazole rings is 1. The van der Waals surface area contributed by atoms with Crippen molar-refractivity contribution in [3.8, 4) is 11.4 Å². The number of aliphatic carboxylic acids is 1. The highest BCUT2D eigenvalue weighted by Crippen LogP contribution is 2.45. The molecule has 0 bridgehead atoms. The summed E-state index contributed by atoms with van der Waals surface area (Å²) in [5.74, 6) is -2.11. The van der Waals surface area contributed by atoms with Gasteiger partial charge in [0.15, 0.2) is 0 Å². The Kier molecular flexibility index (Phi) is 10.4. The molecule has 2 aromatic carbocycles. The van der Waals surface area contributed by atoms with E-state index in [4.69, 9.17) is 9.84 Å². The monoisotopic (exact) mass is 695 g/mol. The van der Waals surface area contributed by atoms with Crippen LogP contribution in [-0.4, -0.2) is 83.9 Å². The van der Waals surface area contributed by atoms with Crippen LogP contribution in [0.5, 0.6) is 0 Å². The molecule has 13 nitrogen and oxygen atoms in total. The Labute approximate surface area is 297 Å². The lowest BCUT2D eigenvalue weighted by Gasteiger charge is -2.30. The zero-order valence-corrected chi connectivity index (χ0v) is 29.2. The molecule has 1 aliphatic carbocycles. The Hall–Kier alpha value is -5.33. The van der Waals surface area contributed by atoms with Gasteiger partial charge in [0.2, 0.25) is 17.6 Å². The number of carbonyl (C=O) groups excluding carboxylic acids is 3. The predicted octanol–water partition coefficient (Wildman–Crippen LogP) is 5.03. The summed E-state index contributed by atoms with van der Waals surface area (Å²) in [5.41, 5.74) is 0.468. The molecule has 1 saturated carbocycles. The summed E-state index contributed by atoms with van der Waals surface area (Å²) < 4.78 is 5.48. The molecule has 3 heterocycles. The van der Waals surface area contributed by atoms with Crippen LogP contribution in [0.1, 0.15) is 82.9 Å². The fourth-order valence-electron chi connectivity index (χ4n) is 6.78. The molecular weight excluding hydrogens is 650 g/mol. The zero-order chi connectivity index (χ0) is 36.2. The third-order valence-corrected chi connectivity index (χ3v) is 9.54. The van der Waals surface area contributed by atoms with Gasteiger partial charge in [0, 0.05) is 24.4 Å². The SMILES string of the molecule is CC(C)(C)OC(=O)N[C@H]1CCCCC/C=C\[C@@H]2C[C@@]2(C(=O)O)NC(=O)[C@@H]2C[C@@H](n3nnc(-c4ccccc4/C=C/c4ccccc4)n3)CN2C1=O. The zero-order valence-electron chi connectivity index (χ0n) is 29.2. The van der Waals surface area contributed by atoms with Gasteiger partial charge in [-0.3, -0.25) is 9.59 Å². The minimum atomic E-state index is -1.44. The normalized spacial score (nSPS) is 26.3. The maximum Gasteiger partial charge on any atom is 0.408 e. The number of benzene rings is 2. The maximum atomic E-state index is 14.3. The van der Waals surface area contributed by atoms with Crippen molar-refractivity contribution in [3.63, 3.8) is 0 Å². The topological polar surface area (TPSA) is 169 Å². The summed E-state index contributed by atoms with van der Waals surface area (Å²) in [6.07, 6.45) is 10.9. The molecule has 5 atom stereocenters. The number of amides is 3. The van der Waals surface area contributed by atoms with Crippen LogP contribution in [0.3, 0.4) is 0 Å². The maximum absolute atomic E-state index is 14.3. The van der Waals surface area contributed by atoms with E-state index in [9.17, 15) is 24.3 Å². The lowest BCUT2D eigenvalue weighted by molar-refractivity contribution is -0.145. The van der Waals surface area contributed by atoms with E-state index in [1.165, 1.54) is 9.70 Å². The van der Waals surface area contributed by atoms with E-state index in [2.05, 4.69) is 20.9 Å². The first kappa shape index (κ1) is 35.5. The van der Waals surface area contributed by atoms with Gasteiger partial charge in [-0.1, -0.05) is 91.7 Å². The van der Waals surface area contributed by atoms with Crippen LogP contribution < -0.4 is 10.6 Å². The van der Waals surface area contributed by atoms with E-state index in [-0.39, 0.29) is 25.3 Å². The van der Waals surface area contributed by atoms with Crippen molar-refractivity contribution in [2.45, 2.75) is 95.0 Å². The fourth-order valence-corrected chi connectivity index (χ4v) is 6.78. The summed E-state index contributed by atoms with van der Waals surface area (Å²) in [5, 5.41) is 29.1. The van der Waals surface area contributed by atoms with Crippen LogP contribution in [0, 0.1) is 5.92 Å². The Bertz CT molecular complexity index is 1820. The second kappa shape index (κ2) is 14.9. The van der Waals surface area contributed by atoms with Crippen molar-refractivity contribution < 1.29 is 29.0 Å². The smallest absolute Gasteiger partial charge is 0.408 e. The molecule has 0 radical (unpaired) electrons. The van der Waals surface area contributed by atoms with Gasteiger partial charge in [-0.05, 0) is 62.8 Å². The van der Waals surface area contributed by atoms with E-state index in [0.717, 1.165) is 36.0 Å². The highest BCUT2D eigenvalue weighted by Gasteiger charge is 2.61. The van der Waals surface area contributed by atoms with Crippen LogP contribution in [0.25, 0.3) is 23.5 Å². The number of fused-ring (bicyclic) bond motifs is 2. The number of nitrogens with one attached hydrogen (secondary N) is 2. The first-order chi connectivity index (χ1) is 24.4. The van der Waals surface area contributed by atoms with E-state index in [0.29, 0.717) is 18.7 Å². The molecule has 3 aromatic rings. The summed E-state index contributed by atoms with van der Waals surface area (Å²) in [4.78, 5) is 56.5. The van der Waals surface area contributed by atoms with Gasteiger partial charge in [0.1, 0.15) is 23.2 Å². The van der Waals surface area contributed by atoms with Crippen molar-refractivity contribution in [2.75, 3.05) is 6.54 Å². The molecule has 268 valence electrons. The van der Waals surface area contributed by atoms with Crippen LogP contribution in [-0.2, 0) is 19.1 Å². The number of allylic oxidation sites excluding steroid dienone is 1. The van der Waals surface area contributed by atoms with Crippen LogP contribution in [0.2, 0.25) is 0 Å².